The highest BCUT2D eigenvalue weighted by Crippen LogP contribution is 2.40. The number of pyridine rings is 1. The van der Waals surface area contributed by atoms with Crippen molar-refractivity contribution in [3.05, 3.63) is 70.1 Å². The van der Waals surface area contributed by atoms with Crippen molar-refractivity contribution < 1.29 is 0 Å². The van der Waals surface area contributed by atoms with Crippen LogP contribution in [0.15, 0.2) is 53.5 Å². The average Bonchev–Trinajstić information content (AvgIpc) is 3.25. The van der Waals surface area contributed by atoms with Crippen molar-refractivity contribution in [3.63, 3.8) is 0 Å². The van der Waals surface area contributed by atoms with Crippen LogP contribution in [-0.2, 0) is 12.8 Å². The Kier molecular flexibility index (Phi) is 3.55. The largest absolute Gasteiger partial charge is 0.248 e. The minimum absolute atomic E-state index is 0.765. The van der Waals surface area contributed by atoms with Gasteiger partial charge in [-0.25, -0.2) is 9.98 Å². The average molecular weight is 353 g/mol. The van der Waals surface area contributed by atoms with Crippen LogP contribution in [0.2, 0.25) is 0 Å². The molecule has 1 aliphatic rings. The number of nitrogens with zero attached hydrogens (tertiary/aromatic N) is 3. The lowest BCUT2D eigenvalue weighted by atomic mass is 10.0. The SMILES string of the molecule is N#Cc1c(N=Cc2c3ccccc3nc3ccccc23)sc2c1CCC2. The monoisotopic (exact) mass is 353 g/mol. The Bertz CT molecular complexity index is 1170. The van der Waals surface area contributed by atoms with Gasteiger partial charge in [0.05, 0.1) is 16.6 Å². The Hall–Kier alpha value is -3.03. The fourth-order valence-electron chi connectivity index (χ4n) is 3.73. The number of aliphatic imine (C=N–C) groups is 1. The number of rotatable bonds is 2. The molecule has 0 atom stereocenters. The minimum atomic E-state index is 0.765. The van der Waals surface area contributed by atoms with E-state index in [1.807, 2.05) is 42.6 Å². The summed E-state index contributed by atoms with van der Waals surface area (Å²) >= 11 is 1.67. The normalized spacial score (nSPS) is 13.5. The molecule has 2 aromatic heterocycles. The molecule has 0 unspecified atom stereocenters. The lowest BCUT2D eigenvalue weighted by Crippen LogP contribution is -1.91. The molecule has 0 radical (unpaired) electrons. The van der Waals surface area contributed by atoms with E-state index in [9.17, 15) is 5.26 Å². The van der Waals surface area contributed by atoms with Crippen molar-refractivity contribution in [2.24, 2.45) is 4.99 Å². The zero-order valence-electron chi connectivity index (χ0n) is 14.1. The number of thiophene rings is 1. The standard InChI is InChI=1S/C22H15N3S/c23-12-17-16-8-5-11-21(16)26-22(17)24-13-18-14-6-1-3-9-19(14)25-20-10-4-2-7-15(18)20/h1-4,6-7,9-10,13H,5,8,11H2. The van der Waals surface area contributed by atoms with Crippen LogP contribution in [0.1, 0.15) is 28.0 Å². The Morgan fingerprint density at radius 3 is 2.38 bits per heavy atom. The molecule has 1 aliphatic carbocycles. The summed E-state index contributed by atoms with van der Waals surface area (Å²) in [6.07, 6.45) is 5.14. The van der Waals surface area contributed by atoms with E-state index in [1.54, 1.807) is 11.3 Å². The molecule has 4 aromatic rings. The van der Waals surface area contributed by atoms with Gasteiger partial charge in [0.2, 0.25) is 0 Å². The lowest BCUT2D eigenvalue weighted by Gasteiger charge is -2.06. The van der Waals surface area contributed by atoms with E-state index in [-0.39, 0.29) is 0 Å². The van der Waals surface area contributed by atoms with Gasteiger partial charge in [-0.05, 0) is 37.0 Å². The highest BCUT2D eigenvalue weighted by molar-refractivity contribution is 7.16. The second-order valence-electron chi connectivity index (χ2n) is 6.47. The minimum Gasteiger partial charge on any atom is -0.248 e. The lowest BCUT2D eigenvalue weighted by molar-refractivity contribution is 0.913. The molecule has 0 saturated carbocycles. The Labute approximate surface area is 155 Å². The summed E-state index contributed by atoms with van der Waals surface area (Å²) in [5.74, 6) is 0. The van der Waals surface area contributed by atoms with E-state index >= 15 is 0 Å². The number of hydrogen-bond donors (Lipinski definition) is 0. The van der Waals surface area contributed by atoms with Crippen LogP contribution in [0.25, 0.3) is 21.8 Å². The van der Waals surface area contributed by atoms with Gasteiger partial charge in [-0.15, -0.1) is 11.3 Å². The van der Waals surface area contributed by atoms with Crippen molar-refractivity contribution in [2.75, 3.05) is 0 Å². The molecule has 0 aliphatic heterocycles. The second kappa shape index (κ2) is 6.05. The fourth-order valence-corrected chi connectivity index (χ4v) is 4.91. The van der Waals surface area contributed by atoms with E-state index < -0.39 is 0 Å². The van der Waals surface area contributed by atoms with Gasteiger partial charge in [-0.3, -0.25) is 0 Å². The van der Waals surface area contributed by atoms with Gasteiger partial charge < -0.3 is 0 Å². The van der Waals surface area contributed by atoms with E-state index in [0.717, 1.165) is 57.2 Å². The molecule has 3 nitrogen and oxygen atoms in total. The molecular weight excluding hydrogens is 338 g/mol. The summed E-state index contributed by atoms with van der Waals surface area (Å²) in [6.45, 7) is 0. The van der Waals surface area contributed by atoms with Crippen molar-refractivity contribution in [1.82, 2.24) is 4.98 Å². The Morgan fingerprint density at radius 1 is 1.00 bits per heavy atom. The molecule has 2 heterocycles. The highest BCUT2D eigenvalue weighted by atomic mass is 32.1. The fraction of sp³-hybridized carbons (Fsp3) is 0.136. The first-order valence-electron chi connectivity index (χ1n) is 8.71. The molecule has 26 heavy (non-hydrogen) atoms. The van der Waals surface area contributed by atoms with Crippen LogP contribution in [0.3, 0.4) is 0 Å². The third-order valence-electron chi connectivity index (χ3n) is 4.95. The maximum Gasteiger partial charge on any atom is 0.134 e. The van der Waals surface area contributed by atoms with Crippen molar-refractivity contribution in [3.8, 4) is 6.07 Å². The number of aryl methyl sites for hydroxylation is 1. The number of fused-ring (bicyclic) bond motifs is 3. The number of benzene rings is 2. The Balaban J connectivity index is 1.72. The Morgan fingerprint density at radius 2 is 1.69 bits per heavy atom. The van der Waals surface area contributed by atoms with Crippen LogP contribution in [-0.4, -0.2) is 11.2 Å². The van der Waals surface area contributed by atoms with Crippen LogP contribution < -0.4 is 0 Å². The van der Waals surface area contributed by atoms with E-state index in [1.165, 1.54) is 10.4 Å². The summed E-state index contributed by atoms with van der Waals surface area (Å²) in [5.41, 5.74) is 4.96. The maximum absolute atomic E-state index is 9.58. The third kappa shape index (κ3) is 2.33. The number of para-hydroxylation sites is 2. The summed E-state index contributed by atoms with van der Waals surface area (Å²) in [6, 6.07) is 18.6. The van der Waals surface area contributed by atoms with E-state index in [4.69, 9.17) is 9.98 Å². The highest BCUT2D eigenvalue weighted by Gasteiger charge is 2.21. The quantitative estimate of drug-likeness (QED) is 0.350. The molecular formula is C22H15N3S. The van der Waals surface area contributed by atoms with Gasteiger partial charge in [-0.1, -0.05) is 36.4 Å². The number of hydrogen-bond acceptors (Lipinski definition) is 4. The molecule has 0 saturated heterocycles. The molecule has 0 fully saturated rings. The van der Waals surface area contributed by atoms with Crippen LogP contribution in [0, 0.1) is 11.3 Å². The molecule has 2 aromatic carbocycles. The summed E-state index contributed by atoms with van der Waals surface area (Å²) in [4.78, 5) is 10.8. The maximum atomic E-state index is 9.58. The van der Waals surface area contributed by atoms with Crippen molar-refractivity contribution >= 4 is 44.4 Å². The zero-order chi connectivity index (χ0) is 17.5. The van der Waals surface area contributed by atoms with Crippen molar-refractivity contribution in [1.29, 1.82) is 5.26 Å². The first-order chi connectivity index (χ1) is 12.8. The second-order valence-corrected chi connectivity index (χ2v) is 7.55. The molecule has 0 amide bonds. The molecule has 4 heteroatoms. The smallest absolute Gasteiger partial charge is 0.134 e. The first kappa shape index (κ1) is 15.2. The van der Waals surface area contributed by atoms with Crippen LogP contribution in [0.4, 0.5) is 5.00 Å². The topological polar surface area (TPSA) is 49.0 Å². The molecule has 124 valence electrons. The number of nitriles is 1. The van der Waals surface area contributed by atoms with Gasteiger partial charge in [-0.2, -0.15) is 5.26 Å². The summed E-state index contributed by atoms with van der Waals surface area (Å²) < 4.78 is 0. The number of aromatic nitrogens is 1. The van der Waals surface area contributed by atoms with Gasteiger partial charge >= 0.3 is 0 Å². The molecule has 0 N–H and O–H groups in total. The van der Waals surface area contributed by atoms with Gasteiger partial charge in [0.15, 0.2) is 0 Å². The summed E-state index contributed by atoms with van der Waals surface area (Å²) in [5, 5.41) is 12.6. The van der Waals surface area contributed by atoms with E-state index in [2.05, 4.69) is 18.2 Å². The molecule has 0 spiro atoms. The first-order valence-corrected chi connectivity index (χ1v) is 9.53. The van der Waals surface area contributed by atoms with Crippen LogP contribution >= 0.6 is 11.3 Å². The molecule has 0 bridgehead atoms. The van der Waals surface area contributed by atoms with Crippen LogP contribution in [0.5, 0.6) is 0 Å². The van der Waals surface area contributed by atoms with Crippen molar-refractivity contribution in [2.45, 2.75) is 19.3 Å². The predicted octanol–water partition coefficient (Wildman–Crippen LogP) is 5.56. The van der Waals surface area contributed by atoms with E-state index in [0.29, 0.717) is 0 Å². The zero-order valence-corrected chi connectivity index (χ0v) is 14.9. The molecule has 5 rings (SSSR count). The third-order valence-corrected chi connectivity index (χ3v) is 6.15. The summed E-state index contributed by atoms with van der Waals surface area (Å²) in [7, 11) is 0. The van der Waals surface area contributed by atoms with Gasteiger partial charge in [0.1, 0.15) is 11.1 Å². The van der Waals surface area contributed by atoms with Gasteiger partial charge in [0, 0.05) is 27.4 Å². The predicted molar refractivity (Wildman–Crippen MR) is 108 cm³/mol. The van der Waals surface area contributed by atoms with Gasteiger partial charge in [0.25, 0.3) is 0 Å².